The summed E-state index contributed by atoms with van der Waals surface area (Å²) in [4.78, 5) is 14.8. The molecule has 1 heterocycles. The fourth-order valence-electron chi connectivity index (χ4n) is 1.44. The van der Waals surface area contributed by atoms with Crippen molar-refractivity contribution in [3.8, 4) is 0 Å². The van der Waals surface area contributed by atoms with E-state index in [-0.39, 0.29) is 0 Å². The quantitative estimate of drug-likeness (QED) is 0.409. The summed E-state index contributed by atoms with van der Waals surface area (Å²) in [6.07, 6.45) is 4.89. The molecule has 1 rings (SSSR count). The summed E-state index contributed by atoms with van der Waals surface area (Å²) in [7, 11) is 0. The molecule has 4 nitrogen and oxygen atoms in total. The highest BCUT2D eigenvalue weighted by molar-refractivity contribution is 5.44. The van der Waals surface area contributed by atoms with Crippen LogP contribution in [0.15, 0.2) is 23.6 Å². The van der Waals surface area contributed by atoms with Gasteiger partial charge < -0.3 is 0 Å². The van der Waals surface area contributed by atoms with Gasteiger partial charge in [-0.3, -0.25) is 0 Å². The molecule has 1 aromatic rings. The number of hydrogen-bond donors (Lipinski definition) is 0. The second-order valence-electron chi connectivity index (χ2n) is 3.56. The number of pyridine rings is 1. The van der Waals surface area contributed by atoms with Crippen LogP contribution in [0.3, 0.4) is 0 Å². The van der Waals surface area contributed by atoms with E-state index in [4.69, 9.17) is 0 Å². The Morgan fingerprint density at radius 1 is 1.47 bits per heavy atom. The van der Waals surface area contributed by atoms with Gasteiger partial charge in [-0.2, -0.15) is 0 Å². The van der Waals surface area contributed by atoms with Gasteiger partial charge in [0.2, 0.25) is 0 Å². The lowest BCUT2D eigenvalue weighted by molar-refractivity contribution is 0.681. The Labute approximate surface area is 90.3 Å². The zero-order valence-electron chi connectivity index (χ0n) is 9.31. The smallest absolute Gasteiger partial charge is 0.154 e. The number of nitroso groups, excluding NO2 is 1. The van der Waals surface area contributed by atoms with Crippen LogP contribution in [-0.2, 0) is 0 Å². The van der Waals surface area contributed by atoms with Crippen LogP contribution in [0.25, 0.3) is 0 Å². The Balaban J connectivity index is 2.66. The van der Waals surface area contributed by atoms with Crippen molar-refractivity contribution < 1.29 is 0 Å². The molecule has 0 aliphatic carbocycles. The van der Waals surface area contributed by atoms with Crippen molar-refractivity contribution >= 4 is 5.82 Å². The van der Waals surface area contributed by atoms with E-state index >= 15 is 0 Å². The van der Waals surface area contributed by atoms with E-state index in [0.717, 1.165) is 24.8 Å². The summed E-state index contributed by atoms with van der Waals surface area (Å²) in [5, 5.41) is 4.45. The summed E-state index contributed by atoms with van der Waals surface area (Å²) < 4.78 is 0. The average molecular weight is 207 g/mol. The molecule has 0 saturated heterocycles. The minimum absolute atomic E-state index is 0.648. The van der Waals surface area contributed by atoms with Gasteiger partial charge in [-0.15, -0.1) is 4.91 Å². The molecule has 0 aromatic carbocycles. The van der Waals surface area contributed by atoms with Crippen LogP contribution in [0.1, 0.15) is 31.7 Å². The molecule has 0 fully saturated rings. The van der Waals surface area contributed by atoms with Gasteiger partial charge in [0.25, 0.3) is 0 Å². The second kappa shape index (κ2) is 6.11. The van der Waals surface area contributed by atoms with Crippen molar-refractivity contribution in [2.45, 2.75) is 33.1 Å². The lowest BCUT2D eigenvalue weighted by Crippen LogP contribution is -2.18. The van der Waals surface area contributed by atoms with Crippen LogP contribution in [0.5, 0.6) is 0 Å². The molecule has 0 amide bonds. The van der Waals surface area contributed by atoms with Crippen LogP contribution < -0.4 is 5.01 Å². The standard InChI is InChI=1S/C11H17N3O/c1-3-4-5-9-14(13-15)11-10(2)7-6-8-12-11/h6-8H,3-5,9H2,1-2H3. The highest BCUT2D eigenvalue weighted by atomic mass is 16.3. The third-order valence-electron chi connectivity index (χ3n) is 2.30. The largest absolute Gasteiger partial charge is 0.237 e. The molecule has 0 unspecified atom stereocenters. The minimum Gasteiger partial charge on any atom is -0.237 e. The lowest BCUT2D eigenvalue weighted by Gasteiger charge is -2.15. The Morgan fingerprint density at radius 3 is 2.87 bits per heavy atom. The molecular weight excluding hydrogens is 190 g/mol. The number of rotatable bonds is 6. The maximum Gasteiger partial charge on any atom is 0.154 e. The van der Waals surface area contributed by atoms with Gasteiger partial charge in [0, 0.05) is 12.7 Å². The van der Waals surface area contributed by atoms with Crippen LogP contribution in [0, 0.1) is 11.8 Å². The van der Waals surface area contributed by atoms with Crippen molar-refractivity contribution in [2.24, 2.45) is 5.29 Å². The molecule has 82 valence electrons. The van der Waals surface area contributed by atoms with Crippen LogP contribution in [0.2, 0.25) is 0 Å². The molecule has 0 N–H and O–H groups in total. The zero-order valence-corrected chi connectivity index (χ0v) is 9.31. The summed E-state index contributed by atoms with van der Waals surface area (Å²) in [5.74, 6) is 0.670. The van der Waals surface area contributed by atoms with Crippen molar-refractivity contribution in [1.29, 1.82) is 0 Å². The number of anilines is 1. The highest BCUT2D eigenvalue weighted by Crippen LogP contribution is 2.16. The fourth-order valence-corrected chi connectivity index (χ4v) is 1.44. The molecule has 4 heteroatoms. The molecule has 0 radical (unpaired) electrons. The monoisotopic (exact) mass is 207 g/mol. The molecule has 0 saturated carbocycles. The Kier molecular flexibility index (Phi) is 4.74. The maximum absolute atomic E-state index is 10.7. The van der Waals surface area contributed by atoms with E-state index in [9.17, 15) is 4.91 Å². The van der Waals surface area contributed by atoms with Gasteiger partial charge in [0.05, 0.1) is 5.29 Å². The van der Waals surface area contributed by atoms with Gasteiger partial charge in [-0.1, -0.05) is 25.8 Å². The Hall–Kier alpha value is -1.45. The van der Waals surface area contributed by atoms with E-state index in [1.807, 2.05) is 19.1 Å². The normalized spacial score (nSPS) is 10.0. The Morgan fingerprint density at radius 2 is 2.27 bits per heavy atom. The van der Waals surface area contributed by atoms with E-state index in [0.29, 0.717) is 12.4 Å². The molecule has 0 aliphatic rings. The predicted molar refractivity (Wildman–Crippen MR) is 61.6 cm³/mol. The van der Waals surface area contributed by atoms with Crippen LogP contribution >= 0.6 is 0 Å². The van der Waals surface area contributed by atoms with Gasteiger partial charge in [0.1, 0.15) is 0 Å². The minimum atomic E-state index is 0.648. The van der Waals surface area contributed by atoms with Crippen LogP contribution in [-0.4, -0.2) is 11.5 Å². The number of nitrogens with zero attached hydrogens (tertiary/aromatic N) is 3. The van der Waals surface area contributed by atoms with Crippen molar-refractivity contribution in [1.82, 2.24) is 4.98 Å². The van der Waals surface area contributed by atoms with Gasteiger partial charge in [-0.05, 0) is 25.0 Å². The van der Waals surface area contributed by atoms with E-state index in [1.54, 1.807) is 6.20 Å². The second-order valence-corrected chi connectivity index (χ2v) is 3.56. The molecule has 15 heavy (non-hydrogen) atoms. The SMILES string of the molecule is CCCCCN(N=O)c1ncccc1C. The topological polar surface area (TPSA) is 45.6 Å². The molecular formula is C11H17N3O. The van der Waals surface area contributed by atoms with Gasteiger partial charge >= 0.3 is 0 Å². The molecule has 0 spiro atoms. The summed E-state index contributed by atoms with van der Waals surface area (Å²) in [6.45, 7) is 4.71. The summed E-state index contributed by atoms with van der Waals surface area (Å²) in [5.41, 5.74) is 0.980. The molecule has 0 bridgehead atoms. The third-order valence-corrected chi connectivity index (χ3v) is 2.30. The first-order valence-corrected chi connectivity index (χ1v) is 5.32. The molecule has 0 atom stereocenters. The highest BCUT2D eigenvalue weighted by Gasteiger charge is 2.09. The average Bonchev–Trinajstić information content (AvgIpc) is 2.26. The first-order chi connectivity index (χ1) is 7.29. The first kappa shape index (κ1) is 11.6. The van der Waals surface area contributed by atoms with Crippen molar-refractivity contribution in [2.75, 3.05) is 11.6 Å². The van der Waals surface area contributed by atoms with Crippen molar-refractivity contribution in [3.63, 3.8) is 0 Å². The maximum atomic E-state index is 10.7. The van der Waals surface area contributed by atoms with Crippen LogP contribution in [0.4, 0.5) is 5.82 Å². The number of unbranched alkanes of at least 4 members (excludes halogenated alkanes) is 2. The summed E-state index contributed by atoms with van der Waals surface area (Å²) >= 11 is 0. The van der Waals surface area contributed by atoms with E-state index < -0.39 is 0 Å². The first-order valence-electron chi connectivity index (χ1n) is 5.32. The van der Waals surface area contributed by atoms with E-state index in [1.165, 1.54) is 5.01 Å². The third kappa shape index (κ3) is 3.31. The lowest BCUT2D eigenvalue weighted by atomic mass is 10.2. The Bertz CT molecular complexity index is 314. The summed E-state index contributed by atoms with van der Waals surface area (Å²) in [6, 6.07) is 3.79. The van der Waals surface area contributed by atoms with Gasteiger partial charge in [0.15, 0.2) is 5.82 Å². The number of hydrogen-bond acceptors (Lipinski definition) is 3. The fraction of sp³-hybridized carbons (Fsp3) is 0.545. The van der Waals surface area contributed by atoms with Crippen molar-refractivity contribution in [3.05, 3.63) is 28.8 Å². The van der Waals surface area contributed by atoms with E-state index in [2.05, 4.69) is 17.2 Å². The predicted octanol–water partition coefficient (Wildman–Crippen LogP) is 3.07. The number of aromatic nitrogens is 1. The molecule has 0 aliphatic heterocycles. The zero-order chi connectivity index (χ0) is 11.1. The number of aryl methyl sites for hydroxylation is 1. The molecule has 1 aromatic heterocycles. The van der Waals surface area contributed by atoms with Gasteiger partial charge in [-0.25, -0.2) is 9.99 Å².